The van der Waals surface area contributed by atoms with Gasteiger partial charge < -0.3 is 24.1 Å². The highest BCUT2D eigenvalue weighted by Crippen LogP contribution is 2.33. The van der Waals surface area contributed by atoms with Crippen molar-refractivity contribution in [1.82, 2.24) is 29.4 Å². The normalized spacial score (nSPS) is 17.6. The van der Waals surface area contributed by atoms with Crippen LogP contribution >= 0.6 is 0 Å². The van der Waals surface area contributed by atoms with E-state index in [1.54, 1.807) is 12.5 Å². The van der Waals surface area contributed by atoms with Gasteiger partial charge in [0.2, 0.25) is 5.95 Å². The van der Waals surface area contributed by atoms with Crippen LogP contribution in [0, 0.1) is 0 Å². The quantitative estimate of drug-likeness (QED) is 0.465. The number of pyridine rings is 1. The Balaban J connectivity index is 1.29. The van der Waals surface area contributed by atoms with E-state index in [1.807, 2.05) is 24.7 Å². The van der Waals surface area contributed by atoms with Crippen LogP contribution in [0.3, 0.4) is 0 Å². The van der Waals surface area contributed by atoms with Gasteiger partial charge in [-0.05, 0) is 37.6 Å². The molecule has 0 unspecified atom stereocenters. The Kier molecular flexibility index (Phi) is 5.62. The molecule has 1 aliphatic heterocycles. The van der Waals surface area contributed by atoms with E-state index in [9.17, 15) is 0 Å². The van der Waals surface area contributed by atoms with Crippen molar-refractivity contribution in [3.63, 3.8) is 0 Å². The third-order valence-corrected chi connectivity index (χ3v) is 7.02. The number of nitrogens with zero attached hydrogens (tertiary/aromatic N) is 7. The first-order valence-corrected chi connectivity index (χ1v) is 12.1. The molecule has 0 spiro atoms. The second kappa shape index (κ2) is 9.06. The van der Waals surface area contributed by atoms with Gasteiger partial charge in [0.1, 0.15) is 0 Å². The summed E-state index contributed by atoms with van der Waals surface area (Å²) in [5.74, 6) is 1.57. The fourth-order valence-corrected chi connectivity index (χ4v) is 4.92. The Morgan fingerprint density at radius 2 is 1.88 bits per heavy atom. The second-order valence-electron chi connectivity index (χ2n) is 9.34. The lowest BCUT2D eigenvalue weighted by Crippen LogP contribution is -2.45. The lowest BCUT2D eigenvalue weighted by molar-refractivity contribution is 0.311. The lowest BCUT2D eigenvalue weighted by atomic mass is 10.2. The summed E-state index contributed by atoms with van der Waals surface area (Å²) in [6, 6.07) is 6.49. The van der Waals surface area contributed by atoms with Gasteiger partial charge >= 0.3 is 0 Å². The molecular weight excluding hydrogens is 428 g/mol. The molecule has 5 heterocycles. The van der Waals surface area contributed by atoms with Crippen LogP contribution in [-0.2, 0) is 6.54 Å². The molecule has 176 valence electrons. The summed E-state index contributed by atoms with van der Waals surface area (Å²) in [6.45, 7) is 4.50. The molecule has 1 aliphatic carbocycles. The fraction of sp³-hybridized carbons (Fsp3) is 0.440. The largest absolute Gasteiger partial charge is 0.472 e. The van der Waals surface area contributed by atoms with Gasteiger partial charge in [-0.3, -0.25) is 4.98 Å². The maximum absolute atomic E-state index is 5.17. The number of aromatic nitrogens is 5. The van der Waals surface area contributed by atoms with E-state index >= 15 is 0 Å². The van der Waals surface area contributed by atoms with E-state index < -0.39 is 0 Å². The number of rotatable bonds is 6. The summed E-state index contributed by atoms with van der Waals surface area (Å²) in [7, 11) is 2.16. The van der Waals surface area contributed by atoms with Crippen LogP contribution in [0.25, 0.3) is 22.4 Å². The molecule has 0 aromatic carbocycles. The van der Waals surface area contributed by atoms with Crippen LogP contribution < -0.4 is 10.2 Å². The third-order valence-electron chi connectivity index (χ3n) is 7.02. The molecule has 2 fully saturated rings. The molecule has 4 aromatic heterocycles. The molecule has 1 N–H and O–H groups in total. The van der Waals surface area contributed by atoms with Crippen LogP contribution in [0.4, 0.5) is 11.8 Å². The van der Waals surface area contributed by atoms with Crippen molar-refractivity contribution in [2.75, 3.05) is 43.4 Å². The zero-order valence-electron chi connectivity index (χ0n) is 19.5. The van der Waals surface area contributed by atoms with Crippen molar-refractivity contribution in [3.05, 3.63) is 48.8 Å². The van der Waals surface area contributed by atoms with E-state index in [2.05, 4.69) is 37.8 Å². The number of anilines is 2. The molecular formula is C25H30N8O. The van der Waals surface area contributed by atoms with Crippen LogP contribution in [-0.4, -0.2) is 62.6 Å². The molecule has 9 nitrogen and oxygen atoms in total. The predicted molar refractivity (Wildman–Crippen MR) is 132 cm³/mol. The van der Waals surface area contributed by atoms with E-state index in [1.165, 1.54) is 25.7 Å². The SMILES string of the molecule is CN1CCN(c2nc(NCc3ccc(-c4ccoc4)nc3)c3ncn(C4CCCC4)c3n2)CC1. The first-order valence-electron chi connectivity index (χ1n) is 12.1. The van der Waals surface area contributed by atoms with Crippen LogP contribution in [0.15, 0.2) is 47.7 Å². The Morgan fingerprint density at radius 3 is 2.62 bits per heavy atom. The molecule has 1 saturated heterocycles. The Labute approximate surface area is 198 Å². The van der Waals surface area contributed by atoms with E-state index in [0.717, 1.165) is 65.9 Å². The minimum Gasteiger partial charge on any atom is -0.472 e. The standard InChI is InChI=1S/C25H30N8O/c1-31-9-11-32(12-10-31)25-29-23(22-24(30-25)33(17-28-22)20-4-2-3-5-20)27-15-18-6-7-21(26-14-18)19-8-13-34-16-19/h6-8,13-14,16-17,20H,2-5,9-12,15H2,1H3,(H,27,29,30). The summed E-state index contributed by atoms with van der Waals surface area (Å²) in [5.41, 5.74) is 4.73. The maximum Gasteiger partial charge on any atom is 0.229 e. The van der Waals surface area contributed by atoms with Gasteiger partial charge in [-0.15, -0.1) is 0 Å². The predicted octanol–water partition coefficient (Wildman–Crippen LogP) is 3.96. The summed E-state index contributed by atoms with van der Waals surface area (Å²) in [5, 5.41) is 3.53. The number of hydrogen-bond acceptors (Lipinski definition) is 8. The van der Waals surface area contributed by atoms with Gasteiger partial charge in [0.05, 0.1) is 24.5 Å². The molecule has 0 amide bonds. The molecule has 0 bridgehead atoms. The Morgan fingerprint density at radius 1 is 1.03 bits per heavy atom. The monoisotopic (exact) mass is 458 g/mol. The molecule has 4 aromatic rings. The minimum absolute atomic E-state index is 0.479. The second-order valence-corrected chi connectivity index (χ2v) is 9.34. The average molecular weight is 459 g/mol. The average Bonchev–Trinajstić information content (AvgIpc) is 3.65. The molecule has 1 saturated carbocycles. The van der Waals surface area contributed by atoms with Gasteiger partial charge in [-0.1, -0.05) is 18.9 Å². The van der Waals surface area contributed by atoms with Crippen LogP contribution in [0.2, 0.25) is 0 Å². The number of furan rings is 1. The van der Waals surface area contributed by atoms with Crippen molar-refractivity contribution >= 4 is 22.9 Å². The third kappa shape index (κ3) is 4.11. The molecule has 2 aliphatic rings. The number of hydrogen-bond donors (Lipinski definition) is 1. The van der Waals surface area contributed by atoms with Gasteiger partial charge in [0.15, 0.2) is 17.0 Å². The topological polar surface area (TPSA) is 88.1 Å². The highest BCUT2D eigenvalue weighted by atomic mass is 16.3. The summed E-state index contributed by atoms with van der Waals surface area (Å²) in [6.07, 6.45) is 12.1. The van der Waals surface area contributed by atoms with Crippen molar-refractivity contribution in [3.8, 4) is 11.3 Å². The number of likely N-dealkylation sites (N-methyl/N-ethyl adjacent to an activating group) is 1. The van der Waals surface area contributed by atoms with E-state index in [0.29, 0.717) is 12.6 Å². The Bertz CT molecular complexity index is 1240. The molecule has 0 atom stereocenters. The van der Waals surface area contributed by atoms with Gasteiger partial charge in [0, 0.05) is 50.5 Å². The minimum atomic E-state index is 0.479. The number of piperazine rings is 1. The number of fused-ring (bicyclic) bond motifs is 1. The van der Waals surface area contributed by atoms with Gasteiger partial charge in [0.25, 0.3) is 0 Å². The smallest absolute Gasteiger partial charge is 0.229 e. The summed E-state index contributed by atoms with van der Waals surface area (Å²) < 4.78 is 7.44. The van der Waals surface area contributed by atoms with Crippen molar-refractivity contribution in [2.45, 2.75) is 38.3 Å². The highest BCUT2D eigenvalue weighted by molar-refractivity contribution is 5.84. The van der Waals surface area contributed by atoms with E-state index in [4.69, 9.17) is 19.4 Å². The van der Waals surface area contributed by atoms with Crippen LogP contribution in [0.5, 0.6) is 0 Å². The lowest BCUT2D eigenvalue weighted by Gasteiger charge is -2.32. The number of nitrogens with one attached hydrogen (secondary N) is 1. The van der Waals surface area contributed by atoms with Crippen molar-refractivity contribution in [1.29, 1.82) is 0 Å². The fourth-order valence-electron chi connectivity index (χ4n) is 4.92. The molecule has 0 radical (unpaired) electrons. The first-order chi connectivity index (χ1) is 16.7. The van der Waals surface area contributed by atoms with Crippen molar-refractivity contribution in [2.24, 2.45) is 0 Å². The van der Waals surface area contributed by atoms with E-state index in [-0.39, 0.29) is 0 Å². The molecule has 6 rings (SSSR count). The van der Waals surface area contributed by atoms with Gasteiger partial charge in [-0.2, -0.15) is 9.97 Å². The summed E-state index contributed by atoms with van der Waals surface area (Å²) >= 11 is 0. The molecule has 9 heteroatoms. The highest BCUT2D eigenvalue weighted by Gasteiger charge is 2.24. The van der Waals surface area contributed by atoms with Crippen LogP contribution in [0.1, 0.15) is 37.3 Å². The Hall–Kier alpha value is -3.46. The number of imidazole rings is 1. The summed E-state index contributed by atoms with van der Waals surface area (Å²) in [4.78, 5) is 23.9. The first kappa shape index (κ1) is 21.1. The molecule has 34 heavy (non-hydrogen) atoms. The zero-order chi connectivity index (χ0) is 22.9. The maximum atomic E-state index is 5.17. The zero-order valence-corrected chi connectivity index (χ0v) is 19.5. The van der Waals surface area contributed by atoms with Gasteiger partial charge in [-0.25, -0.2) is 4.98 Å². The van der Waals surface area contributed by atoms with Crippen molar-refractivity contribution < 1.29 is 4.42 Å².